The van der Waals surface area contributed by atoms with E-state index in [-0.39, 0.29) is 0 Å². The molecule has 2 aliphatic rings. The van der Waals surface area contributed by atoms with Crippen LogP contribution in [0.3, 0.4) is 0 Å². The highest BCUT2D eigenvalue weighted by Crippen LogP contribution is 2.60. The molecule has 0 saturated carbocycles. The number of benzene rings is 10. The van der Waals surface area contributed by atoms with E-state index >= 15 is 0 Å². The van der Waals surface area contributed by atoms with E-state index in [1.54, 1.807) is 0 Å². The van der Waals surface area contributed by atoms with Crippen LogP contribution in [0.4, 0.5) is 0 Å². The summed E-state index contributed by atoms with van der Waals surface area (Å²) in [5.41, 5.74) is 16.0. The van der Waals surface area contributed by atoms with E-state index in [2.05, 4.69) is 182 Å². The Morgan fingerprint density at radius 1 is 0.333 bits per heavy atom. The van der Waals surface area contributed by atoms with Crippen molar-refractivity contribution in [3.63, 3.8) is 0 Å². The number of fused-ring (bicyclic) bond motifs is 9. The van der Waals surface area contributed by atoms with Gasteiger partial charge in [-0.25, -0.2) is 0 Å². The first-order chi connectivity index (χ1) is 26.8. The van der Waals surface area contributed by atoms with Crippen LogP contribution in [0.1, 0.15) is 17.5 Å². The molecule has 10 aromatic rings. The Morgan fingerprint density at radius 3 is 1.54 bits per heavy atom. The van der Waals surface area contributed by atoms with Gasteiger partial charge < -0.3 is 0 Å². The second kappa shape index (κ2) is 11.4. The van der Waals surface area contributed by atoms with Gasteiger partial charge in [-0.3, -0.25) is 0 Å². The van der Waals surface area contributed by atoms with Crippen LogP contribution in [0.5, 0.6) is 0 Å². The first-order valence-electron chi connectivity index (χ1n) is 19.2. The van der Waals surface area contributed by atoms with Gasteiger partial charge in [0.25, 0.3) is 0 Å². The van der Waals surface area contributed by atoms with Crippen LogP contribution in [0.25, 0.3) is 116 Å². The van der Waals surface area contributed by atoms with E-state index in [1.807, 2.05) is 0 Å². The summed E-state index contributed by atoms with van der Waals surface area (Å²) < 4.78 is 0. The van der Waals surface area contributed by atoms with E-state index < -0.39 is 0 Å². The second-order valence-corrected chi connectivity index (χ2v) is 15.0. The lowest BCUT2D eigenvalue weighted by Gasteiger charge is -2.23. The normalized spacial score (nSPS) is 13.0. The van der Waals surface area contributed by atoms with Crippen molar-refractivity contribution in [3.8, 4) is 55.6 Å². The zero-order chi connectivity index (χ0) is 35.3. The Hall–Kier alpha value is -6.76. The summed E-state index contributed by atoms with van der Waals surface area (Å²) in [4.78, 5) is 0. The lowest BCUT2D eigenvalue weighted by atomic mass is 9.79. The summed E-state index contributed by atoms with van der Waals surface area (Å²) in [5.74, 6) is 0. The fourth-order valence-corrected chi connectivity index (χ4v) is 9.93. The van der Waals surface area contributed by atoms with Crippen LogP contribution in [0.15, 0.2) is 176 Å². The van der Waals surface area contributed by atoms with Gasteiger partial charge in [0.1, 0.15) is 0 Å². The number of rotatable bonds is 3. The maximum absolute atomic E-state index is 2.55. The molecule has 2 aliphatic carbocycles. The highest BCUT2D eigenvalue weighted by Gasteiger charge is 2.33. The predicted octanol–water partition coefficient (Wildman–Crippen LogP) is 15.1. The average molecular weight is 683 g/mol. The van der Waals surface area contributed by atoms with Gasteiger partial charge in [0.05, 0.1) is 0 Å². The van der Waals surface area contributed by atoms with Crippen molar-refractivity contribution in [2.75, 3.05) is 0 Å². The summed E-state index contributed by atoms with van der Waals surface area (Å²) in [6, 6.07) is 63.9. The van der Waals surface area contributed by atoms with Crippen LogP contribution in [0, 0.1) is 0 Å². The van der Waals surface area contributed by atoms with Gasteiger partial charge >= 0.3 is 0 Å². The van der Waals surface area contributed by atoms with Gasteiger partial charge in [0.2, 0.25) is 0 Å². The van der Waals surface area contributed by atoms with Gasteiger partial charge in [0.15, 0.2) is 0 Å². The van der Waals surface area contributed by atoms with Crippen molar-refractivity contribution < 1.29 is 0 Å². The fraction of sp³-hybridized carbons (Fsp3) is 0.0370. The van der Waals surface area contributed by atoms with Crippen LogP contribution in [0.2, 0.25) is 0 Å². The van der Waals surface area contributed by atoms with Gasteiger partial charge in [-0.2, -0.15) is 0 Å². The van der Waals surface area contributed by atoms with Crippen molar-refractivity contribution in [2.24, 2.45) is 0 Å². The molecule has 0 saturated heterocycles. The molecular formula is C54H34. The second-order valence-electron chi connectivity index (χ2n) is 15.0. The Kier molecular flexibility index (Phi) is 6.27. The molecule has 0 radical (unpaired) electrons. The lowest BCUT2D eigenvalue weighted by molar-refractivity contribution is 0.990. The van der Waals surface area contributed by atoms with Gasteiger partial charge in [0, 0.05) is 0 Å². The first kappa shape index (κ1) is 29.8. The minimum absolute atomic E-state index is 1.06. The number of aryl methyl sites for hydroxylation is 1. The van der Waals surface area contributed by atoms with Crippen molar-refractivity contribution >= 4 is 59.9 Å². The van der Waals surface area contributed by atoms with Crippen molar-refractivity contribution in [1.82, 2.24) is 0 Å². The molecule has 12 rings (SSSR count). The molecule has 0 fully saturated rings. The van der Waals surface area contributed by atoms with Crippen LogP contribution in [-0.4, -0.2) is 0 Å². The molecule has 0 unspecified atom stereocenters. The molecule has 54 heavy (non-hydrogen) atoms. The molecule has 0 amide bonds. The quantitative estimate of drug-likeness (QED) is 0.174. The van der Waals surface area contributed by atoms with Gasteiger partial charge in [-0.1, -0.05) is 170 Å². The van der Waals surface area contributed by atoms with E-state index in [9.17, 15) is 0 Å². The SMILES string of the molecule is C1=Cc2c(cc3c4c(cccc24)-c2c-3c(-c3cccc4ccccc34)c3cc(-c4cccc5ccccc45)ccc3c2-c2cccc3ccccc23)CC1. The third-order valence-corrected chi connectivity index (χ3v) is 12.2. The molecular weight excluding hydrogens is 649 g/mol. The molecule has 0 heterocycles. The molecule has 0 aromatic heterocycles. The molecule has 0 atom stereocenters. The molecule has 0 nitrogen and oxygen atoms in total. The highest BCUT2D eigenvalue weighted by atomic mass is 14.4. The summed E-state index contributed by atoms with van der Waals surface area (Å²) in [6.07, 6.45) is 6.86. The maximum Gasteiger partial charge on any atom is -0.000708 e. The Morgan fingerprint density at radius 2 is 0.852 bits per heavy atom. The van der Waals surface area contributed by atoms with E-state index in [1.165, 1.54) is 121 Å². The van der Waals surface area contributed by atoms with Gasteiger partial charge in [-0.15, -0.1) is 0 Å². The van der Waals surface area contributed by atoms with Crippen molar-refractivity contribution in [3.05, 3.63) is 187 Å². The average Bonchev–Trinajstić information content (AvgIpc) is 3.56. The zero-order valence-electron chi connectivity index (χ0n) is 29.7. The minimum Gasteiger partial charge on any atom is -0.0836 e. The van der Waals surface area contributed by atoms with Crippen molar-refractivity contribution in [2.45, 2.75) is 12.8 Å². The number of allylic oxidation sites excluding steroid dienone is 1. The smallest absolute Gasteiger partial charge is 0.000708 e. The highest BCUT2D eigenvalue weighted by molar-refractivity contribution is 6.30. The zero-order valence-corrected chi connectivity index (χ0v) is 29.7. The predicted molar refractivity (Wildman–Crippen MR) is 232 cm³/mol. The third-order valence-electron chi connectivity index (χ3n) is 12.2. The number of hydrogen-bond acceptors (Lipinski definition) is 0. The molecule has 0 N–H and O–H groups in total. The third kappa shape index (κ3) is 4.14. The Balaban J connectivity index is 1.33. The monoisotopic (exact) mass is 682 g/mol. The summed E-state index contributed by atoms with van der Waals surface area (Å²) in [6.45, 7) is 0. The summed E-state index contributed by atoms with van der Waals surface area (Å²) in [7, 11) is 0. The maximum atomic E-state index is 2.55. The Bertz CT molecular complexity index is 3250. The van der Waals surface area contributed by atoms with Gasteiger partial charge in [-0.05, 0) is 146 Å². The largest absolute Gasteiger partial charge is 0.0836 e. The lowest BCUT2D eigenvalue weighted by Crippen LogP contribution is -1.97. The first-order valence-corrected chi connectivity index (χ1v) is 19.2. The van der Waals surface area contributed by atoms with E-state index in [4.69, 9.17) is 0 Å². The molecule has 0 aliphatic heterocycles. The van der Waals surface area contributed by atoms with Crippen LogP contribution in [-0.2, 0) is 6.42 Å². The van der Waals surface area contributed by atoms with E-state index in [0.717, 1.165) is 12.8 Å². The fourth-order valence-electron chi connectivity index (χ4n) is 9.93. The molecule has 0 bridgehead atoms. The Labute approximate surface area is 314 Å². The molecule has 0 spiro atoms. The van der Waals surface area contributed by atoms with Crippen LogP contribution < -0.4 is 0 Å². The topological polar surface area (TPSA) is 0 Å². The molecule has 10 aromatic carbocycles. The minimum atomic E-state index is 1.06. The molecule has 250 valence electrons. The van der Waals surface area contributed by atoms with Crippen molar-refractivity contribution in [1.29, 1.82) is 0 Å². The summed E-state index contributed by atoms with van der Waals surface area (Å²) >= 11 is 0. The number of hydrogen-bond donors (Lipinski definition) is 0. The standard InChI is InChI=1S/C54H34/c1-5-20-38-33(13-1)17-9-24-41(38)37-29-30-46-48(31-37)52(45-26-11-19-35-15-3-7-22-40(35)45)54-49-32-36-16-4-8-23-42(36)43-27-12-28-47(50(43)49)53(54)51(46)44-25-10-18-34-14-2-6-21-39(34)44/h1-3,5-15,17-32H,4,16H2. The molecule has 0 heteroatoms. The van der Waals surface area contributed by atoms with E-state index in [0.29, 0.717) is 0 Å². The van der Waals surface area contributed by atoms with Crippen LogP contribution >= 0.6 is 0 Å². The summed E-state index contributed by atoms with van der Waals surface area (Å²) in [5, 5.41) is 12.9.